The van der Waals surface area contributed by atoms with E-state index in [1.807, 2.05) is 48.5 Å². The van der Waals surface area contributed by atoms with Gasteiger partial charge in [0.15, 0.2) is 0 Å². The Balaban J connectivity index is 5.21. The number of carbonyl (C=O) groups excluding carboxylic acids is 1. The first kappa shape index (κ1) is 22.8. The molecule has 0 rings (SSSR count). The van der Waals surface area contributed by atoms with Crippen LogP contribution >= 0.6 is 7.60 Å². The highest BCUT2D eigenvalue weighted by Gasteiger charge is 2.40. The summed E-state index contributed by atoms with van der Waals surface area (Å²) in [5.74, 6) is -0.249. The monoisotopic (exact) mass is 348 g/mol. The van der Waals surface area contributed by atoms with Crippen molar-refractivity contribution in [2.24, 2.45) is 16.7 Å². The summed E-state index contributed by atoms with van der Waals surface area (Å²) in [5, 5.41) is 0. The Labute approximate surface area is 143 Å². The first-order chi connectivity index (χ1) is 10.3. The maximum Gasteiger partial charge on any atom is 0.397 e. The normalized spacial score (nSPS) is 14.8. The van der Waals surface area contributed by atoms with Gasteiger partial charge in [-0.3, -0.25) is 9.36 Å². The molecule has 0 fully saturated rings. The van der Waals surface area contributed by atoms with Gasteiger partial charge in [0.1, 0.15) is 0 Å². The Morgan fingerprint density at radius 2 is 1.39 bits per heavy atom. The Morgan fingerprint density at radius 3 is 1.70 bits per heavy atom. The largest absolute Gasteiger partial charge is 0.397 e. The maximum absolute atomic E-state index is 13.2. The van der Waals surface area contributed by atoms with Crippen molar-refractivity contribution < 1.29 is 18.4 Å². The van der Waals surface area contributed by atoms with Gasteiger partial charge in [-0.25, -0.2) is 0 Å². The van der Waals surface area contributed by atoms with Crippen molar-refractivity contribution >= 4 is 13.1 Å². The van der Waals surface area contributed by atoms with E-state index in [0.29, 0.717) is 6.42 Å². The van der Waals surface area contributed by atoms with Gasteiger partial charge in [-0.05, 0) is 23.7 Å². The van der Waals surface area contributed by atoms with E-state index in [4.69, 9.17) is 9.05 Å². The highest BCUT2D eigenvalue weighted by Crippen LogP contribution is 2.54. The van der Waals surface area contributed by atoms with Gasteiger partial charge >= 0.3 is 7.60 Å². The van der Waals surface area contributed by atoms with Crippen LogP contribution in [0.5, 0.6) is 0 Å². The summed E-state index contributed by atoms with van der Waals surface area (Å²) in [6.45, 7) is 16.4. The van der Waals surface area contributed by atoms with Crippen molar-refractivity contribution in [2.75, 3.05) is 13.2 Å². The second kappa shape index (κ2) is 9.34. The Kier molecular flexibility index (Phi) is 9.27. The molecule has 0 bridgehead atoms. The molecule has 4 nitrogen and oxygen atoms in total. The Bertz CT molecular complexity index is 382. The third-order valence-corrected chi connectivity index (χ3v) is 5.20. The predicted molar refractivity (Wildman–Crippen MR) is 96.7 cm³/mol. The third-order valence-electron chi connectivity index (χ3n) is 3.35. The first-order valence-electron chi connectivity index (χ1n) is 8.78. The minimum absolute atomic E-state index is 0.174. The summed E-state index contributed by atoms with van der Waals surface area (Å²) < 4.78 is 24.4. The van der Waals surface area contributed by atoms with E-state index >= 15 is 0 Å². The molecule has 5 heteroatoms. The molecule has 0 aliphatic heterocycles. The van der Waals surface area contributed by atoms with E-state index in [1.165, 1.54) is 0 Å². The lowest BCUT2D eigenvalue weighted by molar-refractivity contribution is -0.118. The second-order valence-electron chi connectivity index (χ2n) is 8.75. The fraction of sp³-hybridized carbons (Fsp3) is 0.944. The summed E-state index contributed by atoms with van der Waals surface area (Å²) in [7, 11) is -3.76. The molecule has 0 aromatic carbocycles. The second-order valence-corrected chi connectivity index (χ2v) is 10.7. The van der Waals surface area contributed by atoms with Crippen LogP contribution in [0.25, 0.3) is 0 Å². The molecule has 0 saturated heterocycles. The van der Waals surface area contributed by atoms with E-state index < -0.39 is 7.60 Å². The van der Waals surface area contributed by atoms with Crippen molar-refractivity contribution in [3.05, 3.63) is 0 Å². The minimum Gasteiger partial charge on any atom is -0.303 e. The maximum atomic E-state index is 13.2. The first-order valence-corrected chi connectivity index (χ1v) is 10.3. The van der Waals surface area contributed by atoms with Crippen LogP contribution in [0, 0.1) is 16.7 Å². The summed E-state index contributed by atoms with van der Waals surface area (Å²) in [6, 6.07) is 0. The molecule has 0 spiro atoms. The van der Waals surface area contributed by atoms with E-state index in [2.05, 4.69) is 6.92 Å². The van der Waals surface area contributed by atoms with Gasteiger partial charge in [-0.15, -0.1) is 0 Å². The molecule has 0 aromatic heterocycles. The summed E-state index contributed by atoms with van der Waals surface area (Å²) in [4.78, 5) is 12.8. The van der Waals surface area contributed by atoms with Gasteiger partial charge in [-0.2, -0.15) is 0 Å². The van der Waals surface area contributed by atoms with Crippen LogP contribution in [0.1, 0.15) is 81.1 Å². The molecule has 0 amide bonds. The van der Waals surface area contributed by atoms with E-state index in [-0.39, 0.29) is 35.5 Å². The van der Waals surface area contributed by atoms with Crippen LogP contribution < -0.4 is 0 Å². The van der Waals surface area contributed by atoms with E-state index in [9.17, 15) is 9.36 Å². The number of hydrogen-bond acceptors (Lipinski definition) is 4. The Morgan fingerprint density at radius 1 is 0.957 bits per heavy atom. The van der Waals surface area contributed by atoms with Crippen LogP contribution in [0.3, 0.4) is 0 Å². The smallest absolute Gasteiger partial charge is 0.303 e. The average molecular weight is 348 g/mol. The molecular weight excluding hydrogens is 311 g/mol. The van der Waals surface area contributed by atoms with Gasteiger partial charge in [0, 0.05) is 5.92 Å². The fourth-order valence-electron chi connectivity index (χ4n) is 1.90. The molecule has 0 N–H and O–H groups in total. The topological polar surface area (TPSA) is 52.6 Å². The molecule has 1 unspecified atom stereocenters. The molecule has 138 valence electrons. The zero-order chi connectivity index (χ0) is 18.3. The minimum atomic E-state index is -3.76. The number of unbranched alkanes of at least 4 members (excludes halogenated alkanes) is 1. The van der Waals surface area contributed by atoms with Crippen LogP contribution in [0.4, 0.5) is 0 Å². The van der Waals surface area contributed by atoms with Gasteiger partial charge in [-0.1, -0.05) is 68.2 Å². The number of carbonyl (C=O) groups is 1. The Hall–Kier alpha value is -0.180. The summed E-state index contributed by atoms with van der Waals surface area (Å²) >= 11 is 0. The molecular formula is C18H37O4P. The van der Waals surface area contributed by atoms with Gasteiger partial charge < -0.3 is 9.05 Å². The molecule has 0 saturated carbocycles. The lowest BCUT2D eigenvalue weighted by Crippen LogP contribution is -2.23. The zero-order valence-corrected chi connectivity index (χ0v) is 17.3. The number of rotatable bonds is 10. The SMILES string of the molecule is CCCCC(CC)C(=O)P(=O)(OCC(C)(C)C)OCC(C)(C)C. The molecule has 0 aliphatic rings. The van der Waals surface area contributed by atoms with Crippen LogP contribution in [-0.2, 0) is 18.4 Å². The number of hydrogen-bond donors (Lipinski definition) is 0. The molecule has 0 radical (unpaired) electrons. The summed E-state index contributed by atoms with van der Waals surface area (Å²) in [5.41, 5.74) is -0.694. The lowest BCUT2D eigenvalue weighted by Gasteiger charge is -2.28. The fourth-order valence-corrected chi connectivity index (χ4v) is 4.10. The molecule has 23 heavy (non-hydrogen) atoms. The highest BCUT2D eigenvalue weighted by atomic mass is 31.2. The molecule has 0 aromatic rings. The zero-order valence-electron chi connectivity index (χ0n) is 16.4. The van der Waals surface area contributed by atoms with Gasteiger partial charge in [0.05, 0.1) is 13.2 Å². The quantitative estimate of drug-likeness (QED) is 0.451. The predicted octanol–water partition coefficient (Wildman–Crippen LogP) is 6.05. The highest BCUT2D eigenvalue weighted by molar-refractivity contribution is 7.71. The molecule has 0 heterocycles. The van der Waals surface area contributed by atoms with E-state index in [1.54, 1.807) is 0 Å². The summed E-state index contributed by atoms with van der Waals surface area (Å²) in [6.07, 6.45) is 3.37. The van der Waals surface area contributed by atoms with Crippen molar-refractivity contribution in [2.45, 2.75) is 81.1 Å². The van der Waals surface area contributed by atoms with Gasteiger partial charge in [0.2, 0.25) is 5.52 Å². The third kappa shape index (κ3) is 9.64. The van der Waals surface area contributed by atoms with Crippen molar-refractivity contribution in [3.63, 3.8) is 0 Å². The van der Waals surface area contributed by atoms with Gasteiger partial charge in [0.25, 0.3) is 0 Å². The standard InChI is InChI=1S/C18H37O4P/c1-9-11-12-15(10-2)16(19)23(20,21-13-17(3,4)5)22-14-18(6,7)8/h15H,9-14H2,1-8H3. The van der Waals surface area contributed by atoms with E-state index in [0.717, 1.165) is 19.3 Å². The van der Waals surface area contributed by atoms with Crippen LogP contribution in [-0.4, -0.2) is 18.7 Å². The average Bonchev–Trinajstić information content (AvgIpc) is 2.42. The molecule has 1 atom stereocenters. The lowest BCUT2D eigenvalue weighted by atomic mass is 9.99. The molecule has 0 aliphatic carbocycles. The van der Waals surface area contributed by atoms with Crippen LogP contribution in [0.15, 0.2) is 0 Å². The van der Waals surface area contributed by atoms with Crippen molar-refractivity contribution in [1.82, 2.24) is 0 Å². The van der Waals surface area contributed by atoms with Crippen molar-refractivity contribution in [1.29, 1.82) is 0 Å². The van der Waals surface area contributed by atoms with Crippen LogP contribution in [0.2, 0.25) is 0 Å². The van der Waals surface area contributed by atoms with Crippen molar-refractivity contribution in [3.8, 4) is 0 Å².